The van der Waals surface area contributed by atoms with Crippen molar-refractivity contribution in [1.82, 2.24) is 9.80 Å². The third kappa shape index (κ3) is 2.67. The molecule has 8 aliphatic rings. The van der Waals surface area contributed by atoms with Crippen molar-refractivity contribution in [2.45, 2.75) is 79.9 Å². The second kappa shape index (κ2) is 8.21. The van der Waals surface area contributed by atoms with Gasteiger partial charge in [-0.25, -0.2) is 0 Å². The fourth-order valence-electron chi connectivity index (χ4n) is 11.6. The minimum atomic E-state index is -0.724. The average molecular weight is 597 g/mol. The van der Waals surface area contributed by atoms with Crippen molar-refractivity contribution in [3.63, 3.8) is 0 Å². The number of hydrogen-bond acceptors (Lipinski definition) is 8. The molecule has 4 aliphatic carbocycles. The Kier molecular flexibility index (Phi) is 4.89. The molecule has 230 valence electrons. The van der Waals surface area contributed by atoms with Gasteiger partial charge in [0.05, 0.1) is 7.11 Å². The van der Waals surface area contributed by atoms with Crippen LogP contribution in [0.4, 0.5) is 0 Å². The quantitative estimate of drug-likeness (QED) is 0.456. The highest BCUT2D eigenvalue weighted by atomic mass is 16.5. The van der Waals surface area contributed by atoms with Crippen molar-refractivity contribution in [3.8, 4) is 34.1 Å². The van der Waals surface area contributed by atoms with Gasteiger partial charge in [0.1, 0.15) is 24.4 Å². The summed E-state index contributed by atoms with van der Waals surface area (Å²) in [7, 11) is 6.10. The molecule has 2 saturated heterocycles. The number of aliphatic hydroxyl groups is 2. The van der Waals surface area contributed by atoms with E-state index in [9.17, 15) is 15.3 Å². The third-order valence-electron chi connectivity index (χ3n) is 13.4. The molecule has 2 aromatic rings. The number of ether oxygens (including phenoxy) is 3. The number of methoxy groups -OCH3 is 1. The van der Waals surface area contributed by atoms with Gasteiger partial charge in [-0.3, -0.25) is 0 Å². The highest BCUT2D eigenvalue weighted by Gasteiger charge is 2.66. The van der Waals surface area contributed by atoms with E-state index in [4.69, 9.17) is 14.2 Å². The highest BCUT2D eigenvalue weighted by Crippen LogP contribution is 2.67. The molecular formula is C36H40N2O6. The van der Waals surface area contributed by atoms with E-state index in [-0.39, 0.29) is 34.5 Å². The Morgan fingerprint density at radius 3 is 2.07 bits per heavy atom. The SMILES string of the molecule is COc1c2c3c(c(C)c1-c1cc4c5c(c1O)O[C@H]1[C@@H](O)C=C[C@H]6[C@@H](C4)N(C)CC[C@@]561)C[C@@H]1[C@@H]4C=C[C@H](O)[C@H](O2)[C@]34CCN1C. The van der Waals surface area contributed by atoms with Gasteiger partial charge >= 0.3 is 0 Å². The number of hydrogen-bond donors (Lipinski definition) is 3. The summed E-state index contributed by atoms with van der Waals surface area (Å²) < 4.78 is 19.7. The molecule has 2 fully saturated rings. The average Bonchev–Trinajstić information content (AvgIpc) is 3.55. The number of aliphatic hydroxyl groups excluding tert-OH is 2. The molecular weight excluding hydrogens is 556 g/mol. The van der Waals surface area contributed by atoms with E-state index in [0.29, 0.717) is 29.1 Å². The van der Waals surface area contributed by atoms with Gasteiger partial charge in [-0.05, 0) is 82.5 Å². The largest absolute Gasteiger partial charge is 0.504 e. The number of likely N-dealkylation sites (N-methyl/N-ethyl adjacent to an activating group) is 2. The second-order valence-electron chi connectivity index (χ2n) is 14.8. The standard InChI is InChI=1S/C36H40N2O6/c1-16-18-15-23-21-6-8-25(40)34-36(21,10-12-38(23)3)28(18)32(44-34)30(42-4)26(16)19-13-17-14-22-20-5-7-24(39)33-35(20,9-11-37(22)2)27(17)31(43-33)29(19)41/h5-8,13,20-25,33-34,39-41H,9-12,14-15H2,1-4H3/t20-,21-,22+,23+,24-,25-,33-,34-,35-,36-/m0/s1. The maximum atomic E-state index is 12.2. The second-order valence-corrected chi connectivity index (χ2v) is 14.8. The zero-order valence-corrected chi connectivity index (χ0v) is 25.7. The van der Waals surface area contributed by atoms with E-state index in [1.807, 2.05) is 12.2 Å². The van der Waals surface area contributed by atoms with Crippen LogP contribution in [-0.4, -0.2) is 95.9 Å². The Bertz CT molecular complexity index is 1730. The number of aromatic hydroxyl groups is 1. The van der Waals surface area contributed by atoms with Crippen molar-refractivity contribution in [2.24, 2.45) is 11.8 Å². The van der Waals surface area contributed by atoms with Crippen molar-refractivity contribution in [2.75, 3.05) is 34.3 Å². The molecule has 8 nitrogen and oxygen atoms in total. The molecule has 0 aromatic heterocycles. The van der Waals surface area contributed by atoms with Crippen LogP contribution in [0.5, 0.6) is 23.0 Å². The summed E-state index contributed by atoms with van der Waals surface area (Å²) in [5.74, 6) is 2.48. The van der Waals surface area contributed by atoms with E-state index in [1.165, 1.54) is 16.7 Å². The van der Waals surface area contributed by atoms with Crippen LogP contribution in [0.1, 0.15) is 40.7 Å². The van der Waals surface area contributed by atoms with E-state index in [1.54, 1.807) is 7.11 Å². The lowest BCUT2D eigenvalue weighted by Crippen LogP contribution is -2.64. The number of benzene rings is 2. The molecule has 8 heteroatoms. The van der Waals surface area contributed by atoms with Crippen LogP contribution in [-0.2, 0) is 23.7 Å². The molecule has 10 atom stereocenters. The predicted molar refractivity (Wildman–Crippen MR) is 164 cm³/mol. The fraction of sp³-hybridized carbons (Fsp3) is 0.556. The summed E-state index contributed by atoms with van der Waals surface area (Å²) in [5.41, 5.74) is 6.72. The molecule has 4 aliphatic heterocycles. The predicted octanol–water partition coefficient (Wildman–Crippen LogP) is 2.99. The zero-order valence-electron chi connectivity index (χ0n) is 25.7. The van der Waals surface area contributed by atoms with Crippen molar-refractivity contribution < 1.29 is 29.5 Å². The molecule has 0 amide bonds. The molecule has 0 saturated carbocycles. The van der Waals surface area contributed by atoms with Crippen LogP contribution in [0, 0.1) is 18.8 Å². The van der Waals surface area contributed by atoms with Crippen molar-refractivity contribution in [3.05, 3.63) is 58.2 Å². The number of phenolic OH excluding ortho intramolecular Hbond substituents is 1. The number of phenols is 1. The number of likely N-dealkylation sites (tertiary alicyclic amines) is 2. The molecule has 44 heavy (non-hydrogen) atoms. The molecule has 2 spiro atoms. The maximum Gasteiger partial charge on any atom is 0.169 e. The normalized spacial score (nSPS) is 41.6. The monoisotopic (exact) mass is 596 g/mol. The van der Waals surface area contributed by atoms with Crippen LogP contribution in [0.3, 0.4) is 0 Å². The lowest BCUT2D eigenvalue weighted by atomic mass is 9.52. The number of nitrogens with zero attached hydrogens (tertiary/aromatic N) is 2. The molecule has 4 heterocycles. The summed E-state index contributed by atoms with van der Waals surface area (Å²) in [6.45, 7) is 4.05. The van der Waals surface area contributed by atoms with Crippen LogP contribution in [0.2, 0.25) is 0 Å². The van der Waals surface area contributed by atoms with Gasteiger partial charge in [0.15, 0.2) is 23.0 Å². The summed E-state index contributed by atoms with van der Waals surface area (Å²) in [6.07, 6.45) is 9.57. The summed E-state index contributed by atoms with van der Waals surface area (Å²) in [6, 6.07) is 2.77. The van der Waals surface area contributed by atoms with E-state index < -0.39 is 18.3 Å². The van der Waals surface area contributed by atoms with Crippen LogP contribution in [0.15, 0.2) is 30.4 Å². The van der Waals surface area contributed by atoms with Gasteiger partial charge in [-0.15, -0.1) is 0 Å². The molecule has 4 bridgehead atoms. The number of rotatable bonds is 2. The van der Waals surface area contributed by atoms with Crippen molar-refractivity contribution in [1.29, 1.82) is 0 Å². The molecule has 0 radical (unpaired) electrons. The summed E-state index contributed by atoms with van der Waals surface area (Å²) in [4.78, 5) is 4.92. The minimum Gasteiger partial charge on any atom is -0.504 e. The van der Waals surface area contributed by atoms with Crippen LogP contribution >= 0.6 is 0 Å². The zero-order chi connectivity index (χ0) is 30.0. The van der Waals surface area contributed by atoms with Gasteiger partial charge in [0.25, 0.3) is 0 Å². The van der Waals surface area contributed by atoms with Gasteiger partial charge in [0.2, 0.25) is 0 Å². The Morgan fingerprint density at radius 1 is 0.841 bits per heavy atom. The maximum absolute atomic E-state index is 12.2. The topological polar surface area (TPSA) is 94.9 Å². The Morgan fingerprint density at radius 2 is 1.43 bits per heavy atom. The first-order valence-electron chi connectivity index (χ1n) is 16.3. The third-order valence-corrected chi connectivity index (χ3v) is 13.4. The lowest BCUT2D eigenvalue weighted by Gasteiger charge is -2.56. The Labute approximate surface area is 257 Å². The van der Waals surface area contributed by atoms with Crippen molar-refractivity contribution >= 4 is 0 Å². The van der Waals surface area contributed by atoms with Gasteiger partial charge in [-0.2, -0.15) is 0 Å². The Balaban J connectivity index is 1.23. The minimum absolute atomic E-state index is 0.116. The lowest BCUT2D eigenvalue weighted by molar-refractivity contribution is -0.0454. The van der Waals surface area contributed by atoms with Gasteiger partial charge < -0.3 is 39.3 Å². The molecule has 2 aromatic carbocycles. The first-order chi connectivity index (χ1) is 21.2. The van der Waals surface area contributed by atoms with Crippen LogP contribution in [0.25, 0.3) is 11.1 Å². The van der Waals surface area contributed by atoms with Gasteiger partial charge in [-0.1, -0.05) is 24.3 Å². The van der Waals surface area contributed by atoms with E-state index >= 15 is 0 Å². The van der Waals surface area contributed by atoms with E-state index in [0.717, 1.165) is 61.2 Å². The fourth-order valence-corrected chi connectivity index (χ4v) is 11.6. The molecule has 10 rings (SSSR count). The first-order valence-corrected chi connectivity index (χ1v) is 16.3. The summed E-state index contributed by atoms with van der Waals surface area (Å²) in [5, 5.41) is 34.7. The number of piperidine rings is 2. The molecule has 0 unspecified atom stereocenters. The first kappa shape index (κ1) is 26.2. The van der Waals surface area contributed by atoms with E-state index in [2.05, 4.69) is 49.0 Å². The molecule has 3 N–H and O–H groups in total. The highest BCUT2D eigenvalue weighted by molar-refractivity contribution is 5.88. The Hall–Kier alpha value is -3.04. The summed E-state index contributed by atoms with van der Waals surface area (Å²) >= 11 is 0. The van der Waals surface area contributed by atoms with Crippen LogP contribution < -0.4 is 14.2 Å². The smallest absolute Gasteiger partial charge is 0.169 e. The van der Waals surface area contributed by atoms with Gasteiger partial charge in [0, 0.05) is 57.0 Å².